The van der Waals surface area contributed by atoms with Crippen LogP contribution in [0.25, 0.3) is 0 Å². The minimum atomic E-state index is -0.0993. The minimum absolute atomic E-state index is 0.0550. The Morgan fingerprint density at radius 1 is 1.29 bits per heavy atom. The fourth-order valence-corrected chi connectivity index (χ4v) is 2.56. The summed E-state index contributed by atoms with van der Waals surface area (Å²) in [5.74, 6) is 0.320. The number of nitrogens with zero attached hydrogens (tertiary/aromatic N) is 1. The van der Waals surface area contributed by atoms with E-state index >= 15 is 0 Å². The van der Waals surface area contributed by atoms with Crippen molar-refractivity contribution in [1.29, 1.82) is 0 Å². The van der Waals surface area contributed by atoms with Crippen LogP contribution in [0, 0.1) is 5.92 Å². The monoisotopic (exact) mass is 229 g/mol. The molecule has 2 aliphatic rings. The van der Waals surface area contributed by atoms with Gasteiger partial charge in [0.25, 0.3) is 0 Å². The van der Waals surface area contributed by atoms with Crippen LogP contribution in [0.4, 0.5) is 0 Å². The smallest absolute Gasteiger partial charge is 0.248 e. The summed E-state index contributed by atoms with van der Waals surface area (Å²) >= 11 is 0. The molecule has 1 fully saturated rings. The first-order valence-electron chi connectivity index (χ1n) is 5.94. The highest BCUT2D eigenvalue weighted by atomic mass is 16.5. The summed E-state index contributed by atoms with van der Waals surface area (Å²) in [5.41, 5.74) is 1.14. The number of hydrogen-bond donors (Lipinski definition) is 0. The van der Waals surface area contributed by atoms with Crippen LogP contribution >= 0.6 is 0 Å². The maximum Gasteiger partial charge on any atom is 0.248 e. The molecule has 0 saturated carbocycles. The summed E-state index contributed by atoms with van der Waals surface area (Å²) in [5, 5.41) is 0. The third kappa shape index (κ3) is 1.67. The second-order valence-corrected chi connectivity index (χ2v) is 4.61. The molecule has 88 valence electrons. The van der Waals surface area contributed by atoms with Gasteiger partial charge in [-0.3, -0.25) is 4.79 Å². The van der Waals surface area contributed by atoms with Crippen LogP contribution in [0.15, 0.2) is 42.5 Å². The molecule has 3 heteroatoms. The number of carbonyl (C=O) groups excluding carboxylic acids is 1. The average Bonchev–Trinajstić information content (AvgIpc) is 2.81. The molecule has 17 heavy (non-hydrogen) atoms. The van der Waals surface area contributed by atoms with Gasteiger partial charge in [-0.05, 0) is 11.6 Å². The highest BCUT2D eigenvalue weighted by Crippen LogP contribution is 2.35. The second-order valence-electron chi connectivity index (χ2n) is 4.61. The second kappa shape index (κ2) is 4.00. The van der Waals surface area contributed by atoms with E-state index in [2.05, 4.69) is 6.92 Å². The van der Waals surface area contributed by atoms with Gasteiger partial charge < -0.3 is 9.64 Å². The normalized spacial score (nSPS) is 31.7. The van der Waals surface area contributed by atoms with Crippen LogP contribution in [0.5, 0.6) is 0 Å². The van der Waals surface area contributed by atoms with Crippen LogP contribution in [0.1, 0.15) is 18.5 Å². The fraction of sp³-hybridized carbons (Fsp3) is 0.357. The lowest BCUT2D eigenvalue weighted by Crippen LogP contribution is -2.42. The van der Waals surface area contributed by atoms with Crippen molar-refractivity contribution in [2.45, 2.75) is 19.2 Å². The molecule has 0 aromatic heterocycles. The molecule has 1 saturated heterocycles. The van der Waals surface area contributed by atoms with Crippen LogP contribution in [0.3, 0.4) is 0 Å². The van der Waals surface area contributed by atoms with Gasteiger partial charge in [0.05, 0.1) is 12.6 Å². The highest BCUT2D eigenvalue weighted by molar-refractivity contribution is 5.89. The van der Waals surface area contributed by atoms with Crippen molar-refractivity contribution >= 4 is 5.91 Å². The third-order valence-electron chi connectivity index (χ3n) is 3.47. The van der Waals surface area contributed by atoms with Crippen LogP contribution in [-0.2, 0) is 9.53 Å². The zero-order valence-corrected chi connectivity index (χ0v) is 9.74. The molecule has 0 aliphatic carbocycles. The zero-order chi connectivity index (χ0) is 11.8. The van der Waals surface area contributed by atoms with Gasteiger partial charge in [0.15, 0.2) is 0 Å². The van der Waals surface area contributed by atoms with Crippen molar-refractivity contribution in [1.82, 2.24) is 4.90 Å². The number of hydrogen-bond acceptors (Lipinski definition) is 2. The summed E-state index contributed by atoms with van der Waals surface area (Å²) in [7, 11) is 0. The zero-order valence-electron chi connectivity index (χ0n) is 9.74. The number of rotatable bonds is 1. The fourth-order valence-electron chi connectivity index (χ4n) is 2.56. The summed E-state index contributed by atoms with van der Waals surface area (Å²) < 4.78 is 5.76. The first-order valence-corrected chi connectivity index (χ1v) is 5.94. The van der Waals surface area contributed by atoms with Gasteiger partial charge in [-0.25, -0.2) is 0 Å². The summed E-state index contributed by atoms with van der Waals surface area (Å²) in [6, 6.07) is 10.1. The van der Waals surface area contributed by atoms with Crippen molar-refractivity contribution in [3.63, 3.8) is 0 Å². The van der Waals surface area contributed by atoms with Crippen molar-refractivity contribution in [2.75, 3.05) is 6.61 Å². The van der Waals surface area contributed by atoms with Gasteiger partial charge in [-0.1, -0.05) is 43.3 Å². The molecular weight excluding hydrogens is 214 g/mol. The molecular formula is C14H15NO2. The Balaban J connectivity index is 1.94. The number of fused-ring (bicyclic) bond motifs is 1. The minimum Gasteiger partial charge on any atom is -0.355 e. The van der Waals surface area contributed by atoms with Crippen molar-refractivity contribution in [3.8, 4) is 0 Å². The Morgan fingerprint density at radius 2 is 2.06 bits per heavy atom. The Kier molecular flexibility index (Phi) is 2.48. The van der Waals surface area contributed by atoms with Gasteiger partial charge in [-0.15, -0.1) is 0 Å². The van der Waals surface area contributed by atoms with Crippen molar-refractivity contribution in [3.05, 3.63) is 48.0 Å². The third-order valence-corrected chi connectivity index (χ3v) is 3.47. The van der Waals surface area contributed by atoms with Crippen LogP contribution in [0.2, 0.25) is 0 Å². The molecule has 3 nitrogen and oxygen atoms in total. The van der Waals surface area contributed by atoms with E-state index in [1.807, 2.05) is 41.3 Å². The number of ether oxygens (including phenoxy) is 1. The van der Waals surface area contributed by atoms with Gasteiger partial charge >= 0.3 is 0 Å². The molecule has 2 heterocycles. The molecule has 3 rings (SSSR count). The standard InChI is InChI=1S/C14H15NO2/c1-10-7-8-13(16)15-12(9-17-14(10)15)11-5-3-2-4-6-11/h2-8,10,12,14H,9H2,1H3. The Labute approximate surface area is 101 Å². The maximum absolute atomic E-state index is 12.0. The van der Waals surface area contributed by atoms with Crippen molar-refractivity contribution in [2.24, 2.45) is 5.92 Å². The molecule has 0 radical (unpaired) electrons. The first kappa shape index (κ1) is 10.5. The molecule has 0 spiro atoms. The van der Waals surface area contributed by atoms with Gasteiger partial charge in [0.1, 0.15) is 6.23 Å². The van der Waals surface area contributed by atoms with E-state index in [0.717, 1.165) is 5.56 Å². The van der Waals surface area contributed by atoms with E-state index in [-0.39, 0.29) is 24.1 Å². The lowest BCUT2D eigenvalue weighted by Gasteiger charge is -2.32. The number of benzene rings is 1. The Bertz CT molecular complexity index is 455. The molecule has 1 aromatic rings. The first-order chi connectivity index (χ1) is 8.27. The lowest BCUT2D eigenvalue weighted by molar-refractivity contribution is -0.135. The van der Waals surface area contributed by atoms with Crippen LogP contribution in [-0.4, -0.2) is 23.6 Å². The maximum atomic E-state index is 12.0. The van der Waals surface area contributed by atoms with Gasteiger partial charge in [0, 0.05) is 5.92 Å². The SMILES string of the molecule is CC1C=CC(=O)N2C(c3ccccc3)COC12. The van der Waals surface area contributed by atoms with Crippen LogP contribution < -0.4 is 0 Å². The Hall–Kier alpha value is -1.61. The highest BCUT2D eigenvalue weighted by Gasteiger charge is 2.41. The topological polar surface area (TPSA) is 29.5 Å². The molecule has 3 atom stereocenters. The molecule has 0 N–H and O–H groups in total. The largest absolute Gasteiger partial charge is 0.355 e. The molecule has 2 aliphatic heterocycles. The van der Waals surface area contributed by atoms with E-state index in [0.29, 0.717) is 6.61 Å². The lowest BCUT2D eigenvalue weighted by atomic mass is 10.0. The molecule has 3 unspecified atom stereocenters. The number of amides is 1. The summed E-state index contributed by atoms with van der Waals surface area (Å²) in [6.07, 6.45) is 3.49. The number of carbonyl (C=O) groups is 1. The summed E-state index contributed by atoms with van der Waals surface area (Å²) in [6.45, 7) is 2.67. The van der Waals surface area contributed by atoms with E-state index < -0.39 is 0 Å². The van der Waals surface area contributed by atoms with Gasteiger partial charge in [-0.2, -0.15) is 0 Å². The average molecular weight is 229 g/mol. The van der Waals surface area contributed by atoms with E-state index in [1.54, 1.807) is 6.08 Å². The van der Waals surface area contributed by atoms with E-state index in [4.69, 9.17) is 4.74 Å². The molecule has 1 amide bonds. The predicted octanol–water partition coefficient (Wildman–Crippen LogP) is 2.12. The van der Waals surface area contributed by atoms with Gasteiger partial charge in [0.2, 0.25) is 5.91 Å². The molecule has 1 aromatic carbocycles. The van der Waals surface area contributed by atoms with E-state index in [1.165, 1.54) is 0 Å². The predicted molar refractivity (Wildman–Crippen MR) is 64.1 cm³/mol. The summed E-state index contributed by atoms with van der Waals surface area (Å²) in [4.78, 5) is 13.8. The Morgan fingerprint density at radius 3 is 2.82 bits per heavy atom. The molecule has 0 bridgehead atoms. The quantitative estimate of drug-likeness (QED) is 0.738. The van der Waals surface area contributed by atoms with E-state index in [9.17, 15) is 4.79 Å². The van der Waals surface area contributed by atoms with Crippen molar-refractivity contribution < 1.29 is 9.53 Å².